The van der Waals surface area contributed by atoms with Gasteiger partial charge in [0.2, 0.25) is 5.82 Å². The molecule has 0 bridgehead atoms. The van der Waals surface area contributed by atoms with Crippen molar-refractivity contribution >= 4 is 33.3 Å². The molecule has 220 valence electrons. The number of carboxylic acids is 1. The van der Waals surface area contributed by atoms with Gasteiger partial charge in [-0.15, -0.1) is 0 Å². The Hall–Kier alpha value is -4.30. The lowest BCUT2D eigenvalue weighted by Crippen LogP contribution is -2.43. The molecule has 3 aromatic carbocycles. The lowest BCUT2D eigenvalue weighted by molar-refractivity contribution is -0.138. The van der Waals surface area contributed by atoms with Gasteiger partial charge in [-0.25, -0.2) is 8.42 Å². The summed E-state index contributed by atoms with van der Waals surface area (Å²) in [5.41, 5.74) is -0.496. The van der Waals surface area contributed by atoms with Crippen LogP contribution in [-0.4, -0.2) is 49.4 Å². The van der Waals surface area contributed by atoms with Crippen molar-refractivity contribution in [1.82, 2.24) is 10.1 Å². The normalized spacial score (nSPS) is 15.2. The fourth-order valence-electron chi connectivity index (χ4n) is 4.40. The Morgan fingerprint density at radius 2 is 1.93 bits per heavy atom. The zero-order valence-electron chi connectivity index (χ0n) is 21.6. The molecule has 0 aliphatic carbocycles. The van der Waals surface area contributed by atoms with Gasteiger partial charge >= 0.3 is 12.1 Å². The molecule has 0 saturated carbocycles. The molecule has 2 heterocycles. The van der Waals surface area contributed by atoms with Gasteiger partial charge in [-0.3, -0.25) is 9.10 Å². The second kappa shape index (κ2) is 11.2. The van der Waals surface area contributed by atoms with Gasteiger partial charge < -0.3 is 19.1 Å². The number of aliphatic carboxylic acids is 1. The summed E-state index contributed by atoms with van der Waals surface area (Å²) >= 11 is 6.31. The molecule has 0 radical (unpaired) electrons. The van der Waals surface area contributed by atoms with Crippen LogP contribution in [0.3, 0.4) is 0 Å². The number of aromatic nitrogens is 2. The Morgan fingerprint density at radius 3 is 2.64 bits per heavy atom. The van der Waals surface area contributed by atoms with Crippen LogP contribution in [0, 0.1) is 0 Å². The minimum atomic E-state index is -4.77. The number of hydrogen-bond donors (Lipinski definition) is 1. The molecule has 42 heavy (non-hydrogen) atoms. The lowest BCUT2D eigenvalue weighted by Gasteiger charge is -2.35. The number of rotatable bonds is 8. The minimum absolute atomic E-state index is 0.00170. The molecule has 1 N–H and O–H groups in total. The van der Waals surface area contributed by atoms with E-state index in [1.165, 1.54) is 25.3 Å². The van der Waals surface area contributed by atoms with Gasteiger partial charge in [-0.2, -0.15) is 18.2 Å². The second-order valence-electron chi connectivity index (χ2n) is 9.16. The topological polar surface area (TPSA) is 132 Å². The van der Waals surface area contributed by atoms with Gasteiger partial charge in [-0.05, 0) is 55.0 Å². The maximum absolute atomic E-state index is 13.8. The molecule has 0 saturated heterocycles. The fourth-order valence-corrected chi connectivity index (χ4v) is 6.19. The van der Waals surface area contributed by atoms with E-state index < -0.39 is 38.7 Å². The van der Waals surface area contributed by atoms with E-state index in [1.54, 1.807) is 18.2 Å². The van der Waals surface area contributed by atoms with Crippen molar-refractivity contribution in [3.05, 3.63) is 71.2 Å². The van der Waals surface area contributed by atoms with Gasteiger partial charge in [0, 0.05) is 12.0 Å². The summed E-state index contributed by atoms with van der Waals surface area (Å²) in [5.74, 6) is -0.576. The van der Waals surface area contributed by atoms with E-state index in [9.17, 15) is 26.4 Å². The predicted molar refractivity (Wildman–Crippen MR) is 144 cm³/mol. The van der Waals surface area contributed by atoms with E-state index in [4.69, 9.17) is 30.7 Å². The van der Waals surface area contributed by atoms with Crippen LogP contribution < -0.4 is 13.8 Å². The molecule has 0 fully saturated rings. The summed E-state index contributed by atoms with van der Waals surface area (Å²) in [4.78, 5) is 14.9. The quantitative estimate of drug-likeness (QED) is 0.254. The highest BCUT2D eigenvalue weighted by atomic mass is 35.5. The number of benzene rings is 3. The van der Waals surface area contributed by atoms with Gasteiger partial charge in [0.1, 0.15) is 23.2 Å². The highest BCUT2D eigenvalue weighted by Crippen LogP contribution is 2.42. The van der Waals surface area contributed by atoms with Crippen LogP contribution in [0.5, 0.6) is 11.5 Å². The summed E-state index contributed by atoms with van der Waals surface area (Å²) in [6.07, 6.45) is -6.01. The molecular weight excluding hydrogens is 603 g/mol. The number of anilines is 1. The first-order valence-electron chi connectivity index (χ1n) is 12.3. The van der Waals surface area contributed by atoms with Crippen molar-refractivity contribution in [2.45, 2.75) is 30.0 Å². The predicted octanol–water partition coefficient (Wildman–Crippen LogP) is 5.91. The van der Waals surface area contributed by atoms with E-state index in [0.29, 0.717) is 22.9 Å². The van der Waals surface area contributed by atoms with Crippen molar-refractivity contribution in [3.8, 4) is 34.3 Å². The van der Waals surface area contributed by atoms with Crippen LogP contribution in [0.25, 0.3) is 22.8 Å². The molecule has 0 spiro atoms. The van der Waals surface area contributed by atoms with Gasteiger partial charge in [0.15, 0.2) is 0 Å². The number of hydrogen-bond acceptors (Lipinski definition) is 8. The number of carboxylic acid groups (broad SMARTS) is 1. The molecule has 0 unspecified atom stereocenters. The third kappa shape index (κ3) is 5.72. The lowest BCUT2D eigenvalue weighted by atomic mass is 10.1. The molecule has 5 rings (SSSR count). The van der Waals surface area contributed by atoms with Crippen LogP contribution in [0.2, 0.25) is 5.02 Å². The van der Waals surface area contributed by atoms with Crippen LogP contribution >= 0.6 is 11.6 Å². The van der Waals surface area contributed by atoms with Gasteiger partial charge in [0.25, 0.3) is 15.9 Å². The summed E-state index contributed by atoms with van der Waals surface area (Å²) in [7, 11) is -3.13. The van der Waals surface area contributed by atoms with Crippen molar-refractivity contribution in [1.29, 1.82) is 0 Å². The summed E-state index contributed by atoms with van der Waals surface area (Å²) in [6, 6.07) is 12.7. The third-order valence-corrected chi connectivity index (χ3v) is 8.50. The van der Waals surface area contributed by atoms with E-state index in [1.807, 2.05) is 0 Å². The smallest absolute Gasteiger partial charge is 0.416 e. The number of fused-ring (bicyclic) bond motifs is 1. The standard InChI is InChI=1S/C27H21ClF3N3O7S/c1-39-22-7-3-6-19(28)24(22)26-32-25(33-41-26)15-8-10-21-20(12-15)34(14-17(40-21)9-11-23(35)36)42(37,38)18-5-2-4-16(13-18)27(29,30)31/h2-8,10,12-13,17H,9,11,14H2,1H3,(H,35,36)/t17-/m0/s1. The molecule has 4 aromatic rings. The minimum Gasteiger partial charge on any atom is -0.496 e. The van der Waals surface area contributed by atoms with Crippen LogP contribution in [0.15, 0.2) is 70.1 Å². The summed E-state index contributed by atoms with van der Waals surface area (Å²) in [6.45, 7) is -0.351. The first-order valence-corrected chi connectivity index (χ1v) is 14.1. The Bertz CT molecular complexity index is 1760. The molecule has 1 atom stereocenters. The van der Waals surface area contributed by atoms with Gasteiger partial charge in [0.05, 0.1) is 34.8 Å². The molecule has 1 aromatic heterocycles. The van der Waals surface area contributed by atoms with E-state index in [-0.39, 0.29) is 47.6 Å². The average molecular weight is 624 g/mol. The maximum atomic E-state index is 13.8. The van der Waals surface area contributed by atoms with Gasteiger partial charge in [-0.1, -0.05) is 28.9 Å². The summed E-state index contributed by atoms with van der Waals surface area (Å²) in [5, 5.41) is 13.4. The molecule has 10 nitrogen and oxygen atoms in total. The largest absolute Gasteiger partial charge is 0.496 e. The number of ether oxygens (including phenoxy) is 2. The Morgan fingerprint density at radius 1 is 1.17 bits per heavy atom. The third-order valence-electron chi connectivity index (χ3n) is 6.41. The number of alkyl halides is 3. The van der Waals surface area contributed by atoms with E-state index in [0.717, 1.165) is 22.5 Å². The highest BCUT2D eigenvalue weighted by Gasteiger charge is 2.37. The second-order valence-corrected chi connectivity index (χ2v) is 11.4. The Kier molecular flexibility index (Phi) is 7.77. The maximum Gasteiger partial charge on any atom is 0.416 e. The summed E-state index contributed by atoms with van der Waals surface area (Å²) < 4.78 is 85.2. The number of halogens is 4. The zero-order chi connectivity index (χ0) is 30.2. The van der Waals surface area contributed by atoms with Crippen molar-refractivity contribution in [2.75, 3.05) is 18.0 Å². The number of sulfonamides is 1. The van der Waals surface area contributed by atoms with Crippen molar-refractivity contribution < 1.29 is 45.5 Å². The molecule has 1 aliphatic heterocycles. The zero-order valence-corrected chi connectivity index (χ0v) is 23.2. The number of nitrogens with zero attached hydrogens (tertiary/aromatic N) is 3. The first-order chi connectivity index (χ1) is 19.9. The highest BCUT2D eigenvalue weighted by molar-refractivity contribution is 7.92. The molecule has 1 aliphatic rings. The first kappa shape index (κ1) is 29.2. The SMILES string of the molecule is COc1cccc(Cl)c1-c1nc(-c2ccc3c(c2)N(S(=O)(=O)c2cccc(C(F)(F)F)c2)C[C@H](CCC(=O)O)O3)no1. The molecular formula is C27H21ClF3N3O7S. The number of carbonyl (C=O) groups is 1. The van der Waals surface area contributed by atoms with Crippen LogP contribution in [-0.2, 0) is 21.0 Å². The van der Waals surface area contributed by atoms with Crippen molar-refractivity contribution in [2.24, 2.45) is 0 Å². The Labute approximate surface area is 242 Å². The Balaban J connectivity index is 1.57. The fraction of sp³-hybridized carbons (Fsp3) is 0.222. The monoisotopic (exact) mass is 623 g/mol. The van der Waals surface area contributed by atoms with Crippen molar-refractivity contribution in [3.63, 3.8) is 0 Å². The van der Waals surface area contributed by atoms with Crippen LogP contribution in [0.1, 0.15) is 18.4 Å². The molecule has 15 heteroatoms. The van der Waals surface area contributed by atoms with Crippen LogP contribution in [0.4, 0.5) is 18.9 Å². The average Bonchev–Trinajstić information content (AvgIpc) is 3.44. The van der Waals surface area contributed by atoms with E-state index >= 15 is 0 Å². The molecule has 0 amide bonds. The van der Waals surface area contributed by atoms with E-state index in [2.05, 4.69) is 10.1 Å². The number of methoxy groups -OCH3 is 1.